The molecule has 0 saturated carbocycles. The van der Waals surface area contributed by atoms with Crippen LogP contribution in [0.15, 0.2) is 12.1 Å². The average Bonchev–Trinajstić information content (AvgIpc) is 2.49. The number of anilines is 1. The molecule has 0 amide bonds. The number of pyridine rings is 1. The van der Waals surface area contributed by atoms with Crippen LogP contribution in [0, 0.1) is 0 Å². The van der Waals surface area contributed by atoms with Gasteiger partial charge >= 0.3 is 0 Å². The molecule has 0 bridgehead atoms. The zero-order valence-electron chi connectivity index (χ0n) is 11.9. The van der Waals surface area contributed by atoms with E-state index in [0.29, 0.717) is 5.92 Å². The lowest BCUT2D eigenvalue weighted by Gasteiger charge is -2.26. The zero-order chi connectivity index (χ0) is 13.7. The highest BCUT2D eigenvalue weighted by Crippen LogP contribution is 2.32. The smallest absolute Gasteiger partial charge is 0.200 e. The van der Waals surface area contributed by atoms with Crippen molar-refractivity contribution >= 4 is 5.82 Å². The number of rotatable bonds is 5. The molecule has 1 fully saturated rings. The molecule has 2 N–H and O–H groups in total. The summed E-state index contributed by atoms with van der Waals surface area (Å²) in [4.78, 5) is 4.63. The summed E-state index contributed by atoms with van der Waals surface area (Å²) in [7, 11) is 5.16. The predicted octanol–water partition coefficient (Wildman–Crippen LogP) is 1.88. The van der Waals surface area contributed by atoms with Crippen LogP contribution in [0.4, 0.5) is 5.82 Å². The molecular formula is C14H23N3O2. The van der Waals surface area contributed by atoms with E-state index in [-0.39, 0.29) is 0 Å². The summed E-state index contributed by atoms with van der Waals surface area (Å²) in [6, 6.07) is 4.17. The van der Waals surface area contributed by atoms with Crippen LogP contribution in [0.3, 0.4) is 0 Å². The van der Waals surface area contributed by atoms with E-state index >= 15 is 0 Å². The first-order chi connectivity index (χ1) is 9.30. The molecule has 0 aromatic carbocycles. The van der Waals surface area contributed by atoms with Gasteiger partial charge in [-0.1, -0.05) is 6.07 Å². The lowest BCUT2D eigenvalue weighted by Crippen LogP contribution is -2.27. The van der Waals surface area contributed by atoms with E-state index in [1.165, 1.54) is 5.56 Å². The highest BCUT2D eigenvalue weighted by molar-refractivity contribution is 5.40. The second-order valence-electron chi connectivity index (χ2n) is 4.75. The maximum atomic E-state index is 5.39. The van der Waals surface area contributed by atoms with Gasteiger partial charge in [-0.05, 0) is 43.5 Å². The van der Waals surface area contributed by atoms with Gasteiger partial charge in [-0.2, -0.15) is 0 Å². The maximum absolute atomic E-state index is 5.39. The van der Waals surface area contributed by atoms with Crippen LogP contribution < -0.4 is 10.6 Å². The molecule has 0 radical (unpaired) electrons. The Morgan fingerprint density at radius 2 is 1.95 bits per heavy atom. The molecule has 106 valence electrons. The van der Waals surface area contributed by atoms with Crippen molar-refractivity contribution in [3.05, 3.63) is 23.4 Å². The van der Waals surface area contributed by atoms with Crippen molar-refractivity contribution in [2.24, 2.45) is 0 Å². The molecule has 1 aromatic rings. The van der Waals surface area contributed by atoms with Crippen LogP contribution in [0.5, 0.6) is 0 Å². The summed E-state index contributed by atoms with van der Waals surface area (Å²) in [5, 5.41) is 6.45. The quantitative estimate of drug-likeness (QED) is 0.796. The van der Waals surface area contributed by atoms with Crippen LogP contribution in [0.2, 0.25) is 0 Å². The Kier molecular flexibility index (Phi) is 5.13. The number of ether oxygens (including phenoxy) is 2. The van der Waals surface area contributed by atoms with Crippen molar-refractivity contribution in [3.63, 3.8) is 0 Å². The standard InChI is InChI=1S/C14H23N3O2/c1-15-12-5-4-11(10-6-8-16-9-7-10)13(17-12)14(18-2)19-3/h4-5,10,14,16H,6-9H2,1-3H3,(H,15,17). The first-order valence-electron chi connectivity index (χ1n) is 6.75. The SMILES string of the molecule is CNc1ccc(C2CCNCC2)c(C(OC)OC)n1. The van der Waals surface area contributed by atoms with Crippen molar-refractivity contribution in [1.29, 1.82) is 0 Å². The molecule has 5 heteroatoms. The van der Waals surface area contributed by atoms with Gasteiger partial charge in [0.2, 0.25) is 6.29 Å². The molecule has 1 aromatic heterocycles. The van der Waals surface area contributed by atoms with Crippen LogP contribution in [-0.4, -0.2) is 39.3 Å². The molecule has 0 spiro atoms. The number of nitrogens with zero attached hydrogens (tertiary/aromatic N) is 1. The second kappa shape index (κ2) is 6.84. The van der Waals surface area contributed by atoms with E-state index in [0.717, 1.165) is 37.4 Å². The topological polar surface area (TPSA) is 55.4 Å². The lowest BCUT2D eigenvalue weighted by atomic mass is 9.89. The third-order valence-corrected chi connectivity index (χ3v) is 3.64. The van der Waals surface area contributed by atoms with E-state index in [1.807, 2.05) is 13.1 Å². The van der Waals surface area contributed by atoms with Gasteiger partial charge in [0.25, 0.3) is 0 Å². The number of methoxy groups -OCH3 is 2. The van der Waals surface area contributed by atoms with Gasteiger partial charge in [0, 0.05) is 21.3 Å². The Bertz CT molecular complexity index is 402. The summed E-state index contributed by atoms with van der Waals surface area (Å²) in [6.45, 7) is 2.12. The summed E-state index contributed by atoms with van der Waals surface area (Å²) < 4.78 is 10.8. The second-order valence-corrected chi connectivity index (χ2v) is 4.75. The van der Waals surface area contributed by atoms with Crippen molar-refractivity contribution in [2.75, 3.05) is 39.7 Å². The third-order valence-electron chi connectivity index (χ3n) is 3.64. The van der Waals surface area contributed by atoms with E-state index < -0.39 is 6.29 Å². The van der Waals surface area contributed by atoms with Crippen molar-refractivity contribution < 1.29 is 9.47 Å². The van der Waals surface area contributed by atoms with E-state index in [1.54, 1.807) is 14.2 Å². The van der Waals surface area contributed by atoms with E-state index in [9.17, 15) is 0 Å². The van der Waals surface area contributed by atoms with Gasteiger partial charge in [-0.15, -0.1) is 0 Å². The number of nitrogens with one attached hydrogen (secondary N) is 2. The molecular weight excluding hydrogens is 242 g/mol. The number of hydrogen-bond donors (Lipinski definition) is 2. The van der Waals surface area contributed by atoms with Gasteiger partial charge in [-0.3, -0.25) is 0 Å². The number of aromatic nitrogens is 1. The zero-order valence-corrected chi connectivity index (χ0v) is 11.9. The van der Waals surface area contributed by atoms with Crippen LogP contribution >= 0.6 is 0 Å². The highest BCUT2D eigenvalue weighted by Gasteiger charge is 2.24. The molecule has 19 heavy (non-hydrogen) atoms. The normalized spacial score (nSPS) is 16.8. The Labute approximate surface area is 114 Å². The molecule has 0 atom stereocenters. The van der Waals surface area contributed by atoms with Gasteiger partial charge in [-0.25, -0.2) is 4.98 Å². The van der Waals surface area contributed by atoms with E-state index in [4.69, 9.17) is 9.47 Å². The minimum absolute atomic E-state index is 0.404. The molecule has 0 aliphatic carbocycles. The Hall–Kier alpha value is -1.17. The fraction of sp³-hybridized carbons (Fsp3) is 0.643. The predicted molar refractivity (Wildman–Crippen MR) is 75.4 cm³/mol. The molecule has 2 rings (SSSR count). The number of hydrogen-bond acceptors (Lipinski definition) is 5. The summed E-state index contributed by atoms with van der Waals surface area (Å²) in [5.74, 6) is 1.37. The first-order valence-corrected chi connectivity index (χ1v) is 6.75. The van der Waals surface area contributed by atoms with Crippen LogP contribution in [-0.2, 0) is 9.47 Å². The van der Waals surface area contributed by atoms with Gasteiger partial charge in [0.15, 0.2) is 0 Å². The minimum atomic E-state index is -0.404. The molecule has 1 aliphatic rings. The largest absolute Gasteiger partial charge is 0.373 e. The average molecular weight is 265 g/mol. The lowest BCUT2D eigenvalue weighted by molar-refractivity contribution is -0.109. The van der Waals surface area contributed by atoms with E-state index in [2.05, 4.69) is 21.7 Å². The molecule has 1 saturated heterocycles. The minimum Gasteiger partial charge on any atom is -0.373 e. The molecule has 2 heterocycles. The fourth-order valence-corrected chi connectivity index (χ4v) is 2.61. The fourth-order valence-electron chi connectivity index (χ4n) is 2.61. The Morgan fingerprint density at radius 3 is 2.53 bits per heavy atom. The van der Waals surface area contributed by atoms with Gasteiger partial charge < -0.3 is 20.1 Å². The van der Waals surface area contributed by atoms with Crippen LogP contribution in [0.1, 0.15) is 36.3 Å². The van der Waals surface area contributed by atoms with Crippen LogP contribution in [0.25, 0.3) is 0 Å². The van der Waals surface area contributed by atoms with Crippen molar-refractivity contribution in [3.8, 4) is 0 Å². The monoisotopic (exact) mass is 265 g/mol. The molecule has 5 nitrogen and oxygen atoms in total. The summed E-state index contributed by atoms with van der Waals surface area (Å²) in [5.41, 5.74) is 2.14. The first kappa shape index (κ1) is 14.2. The van der Waals surface area contributed by atoms with Gasteiger partial charge in [0.1, 0.15) is 11.5 Å². The molecule has 0 unspecified atom stereocenters. The van der Waals surface area contributed by atoms with Crippen molar-refractivity contribution in [2.45, 2.75) is 25.0 Å². The maximum Gasteiger partial charge on any atom is 0.200 e. The summed E-state index contributed by atoms with van der Waals surface area (Å²) >= 11 is 0. The van der Waals surface area contributed by atoms with Gasteiger partial charge in [0.05, 0.1) is 0 Å². The number of piperidine rings is 1. The highest BCUT2D eigenvalue weighted by atomic mass is 16.7. The Morgan fingerprint density at radius 1 is 1.26 bits per heavy atom. The van der Waals surface area contributed by atoms with Crippen molar-refractivity contribution in [1.82, 2.24) is 10.3 Å². The third kappa shape index (κ3) is 3.23. The Balaban J connectivity index is 2.34. The molecule has 1 aliphatic heterocycles. The summed E-state index contributed by atoms with van der Waals surface area (Å²) in [6.07, 6.45) is 1.86.